The number of hydrogen-bond donors (Lipinski definition) is 0. The molecule has 1 atom stereocenters. The summed E-state index contributed by atoms with van der Waals surface area (Å²) < 4.78 is 0. The predicted molar refractivity (Wildman–Crippen MR) is 85.1 cm³/mol. The lowest BCUT2D eigenvalue weighted by Gasteiger charge is -2.19. The number of benzene rings is 1. The van der Waals surface area contributed by atoms with Crippen LogP contribution in [0, 0.1) is 12.8 Å². The number of hydrogen-bond acceptors (Lipinski definition) is 1. The van der Waals surface area contributed by atoms with Crippen LogP contribution >= 0.6 is 0 Å². The van der Waals surface area contributed by atoms with Crippen molar-refractivity contribution in [3.63, 3.8) is 0 Å². The highest BCUT2D eigenvalue weighted by Gasteiger charge is 2.21. The first-order valence-corrected chi connectivity index (χ1v) is 7.94. The van der Waals surface area contributed by atoms with E-state index in [-0.39, 0.29) is 5.92 Å². The molecule has 108 valence electrons. The molecule has 0 fully saturated rings. The minimum atomic E-state index is 0.246. The van der Waals surface area contributed by atoms with Gasteiger partial charge in [-0.15, -0.1) is 0 Å². The van der Waals surface area contributed by atoms with Crippen molar-refractivity contribution in [2.45, 2.75) is 59.3 Å². The first kappa shape index (κ1) is 15.0. The van der Waals surface area contributed by atoms with Crippen molar-refractivity contribution in [2.24, 2.45) is 5.92 Å². The van der Waals surface area contributed by atoms with Crippen molar-refractivity contribution >= 4 is 5.78 Å². The van der Waals surface area contributed by atoms with E-state index in [2.05, 4.69) is 45.1 Å². The summed E-state index contributed by atoms with van der Waals surface area (Å²) in [6.45, 7) is 6.52. The zero-order chi connectivity index (χ0) is 14.5. The summed E-state index contributed by atoms with van der Waals surface area (Å²) in [7, 11) is 0. The van der Waals surface area contributed by atoms with E-state index in [0.717, 1.165) is 32.1 Å². The molecule has 1 nitrogen and oxygen atoms in total. The molecular weight excluding hydrogens is 244 g/mol. The molecule has 1 aromatic carbocycles. The largest absolute Gasteiger partial charge is 0.299 e. The van der Waals surface area contributed by atoms with E-state index in [1.165, 1.54) is 22.3 Å². The summed E-state index contributed by atoms with van der Waals surface area (Å²) in [5.41, 5.74) is 5.35. The molecule has 0 heterocycles. The molecule has 0 aromatic heterocycles. The second-order valence-electron chi connectivity index (χ2n) is 5.89. The first-order valence-electron chi connectivity index (χ1n) is 7.94. The van der Waals surface area contributed by atoms with Crippen LogP contribution in [0.5, 0.6) is 0 Å². The molecule has 1 heteroatoms. The fourth-order valence-corrected chi connectivity index (χ4v) is 3.23. The maximum Gasteiger partial charge on any atom is 0.140 e. The van der Waals surface area contributed by atoms with Gasteiger partial charge in [0, 0.05) is 12.3 Å². The number of carbonyl (C=O) groups is 1. The minimum absolute atomic E-state index is 0.246. The van der Waals surface area contributed by atoms with Gasteiger partial charge in [0.25, 0.3) is 0 Å². The van der Waals surface area contributed by atoms with Gasteiger partial charge in [-0.25, -0.2) is 0 Å². The summed E-state index contributed by atoms with van der Waals surface area (Å²) in [6.07, 6.45) is 10.1. The van der Waals surface area contributed by atoms with Gasteiger partial charge in [-0.3, -0.25) is 4.79 Å². The normalized spacial score (nSPS) is 18.2. The lowest BCUT2D eigenvalue weighted by molar-refractivity contribution is -0.122. The topological polar surface area (TPSA) is 17.1 Å². The highest BCUT2D eigenvalue weighted by Crippen LogP contribution is 2.25. The van der Waals surface area contributed by atoms with Crippen molar-refractivity contribution in [1.82, 2.24) is 0 Å². The Hall–Kier alpha value is -1.37. The highest BCUT2D eigenvalue weighted by molar-refractivity contribution is 5.84. The second kappa shape index (κ2) is 6.88. The molecule has 1 aliphatic rings. The van der Waals surface area contributed by atoms with Gasteiger partial charge in [-0.05, 0) is 55.7 Å². The molecule has 1 aromatic rings. The maximum absolute atomic E-state index is 12.6. The lowest BCUT2D eigenvalue weighted by Crippen LogP contribution is -2.19. The van der Waals surface area contributed by atoms with Crippen molar-refractivity contribution in [3.8, 4) is 0 Å². The van der Waals surface area contributed by atoms with Crippen LogP contribution in [0.15, 0.2) is 24.3 Å². The summed E-state index contributed by atoms with van der Waals surface area (Å²) in [5.74, 6) is 0.679. The van der Waals surface area contributed by atoms with Crippen LogP contribution in [0.1, 0.15) is 55.4 Å². The first-order chi connectivity index (χ1) is 9.65. The quantitative estimate of drug-likeness (QED) is 0.715. The molecular formula is C19H26O. The smallest absolute Gasteiger partial charge is 0.140 e. The third kappa shape index (κ3) is 3.39. The van der Waals surface area contributed by atoms with E-state index in [0.29, 0.717) is 12.2 Å². The van der Waals surface area contributed by atoms with Crippen LogP contribution in [0.3, 0.4) is 0 Å². The number of allylic oxidation sites excluding steroid dienone is 2. The summed E-state index contributed by atoms with van der Waals surface area (Å²) in [5, 5.41) is 0. The Bertz CT molecular complexity index is 485. The van der Waals surface area contributed by atoms with E-state index < -0.39 is 0 Å². The molecule has 0 bridgehead atoms. The number of rotatable bonds is 5. The number of carbonyl (C=O) groups excluding carboxylic acids is 1. The van der Waals surface area contributed by atoms with Crippen LogP contribution in [-0.2, 0) is 24.1 Å². The maximum atomic E-state index is 12.6. The van der Waals surface area contributed by atoms with E-state index in [1.807, 2.05) is 0 Å². The molecule has 0 saturated carbocycles. The fourth-order valence-electron chi connectivity index (χ4n) is 3.23. The van der Waals surface area contributed by atoms with Gasteiger partial charge in [0.1, 0.15) is 5.78 Å². The second-order valence-corrected chi connectivity index (χ2v) is 5.89. The zero-order valence-electron chi connectivity index (χ0n) is 13.0. The Morgan fingerprint density at radius 3 is 2.30 bits per heavy atom. The van der Waals surface area contributed by atoms with E-state index >= 15 is 0 Å². The average molecular weight is 270 g/mol. The van der Waals surface area contributed by atoms with Crippen molar-refractivity contribution in [2.75, 3.05) is 0 Å². The van der Waals surface area contributed by atoms with E-state index in [9.17, 15) is 4.79 Å². The number of aryl methyl sites for hydroxylation is 3. The Balaban J connectivity index is 2.23. The van der Waals surface area contributed by atoms with Crippen LogP contribution in [0.4, 0.5) is 0 Å². The average Bonchev–Trinajstić information content (AvgIpc) is 2.49. The minimum Gasteiger partial charge on any atom is -0.299 e. The van der Waals surface area contributed by atoms with Crippen LogP contribution in [-0.4, -0.2) is 5.78 Å². The van der Waals surface area contributed by atoms with Gasteiger partial charge >= 0.3 is 0 Å². The molecule has 0 aliphatic heterocycles. The fraction of sp³-hybridized carbons (Fsp3) is 0.526. The molecule has 0 amide bonds. The molecule has 20 heavy (non-hydrogen) atoms. The van der Waals surface area contributed by atoms with Gasteiger partial charge in [-0.1, -0.05) is 43.7 Å². The molecule has 2 rings (SSSR count). The Labute approximate surface area is 123 Å². The van der Waals surface area contributed by atoms with Crippen LogP contribution in [0.25, 0.3) is 0 Å². The van der Waals surface area contributed by atoms with Gasteiger partial charge in [0.05, 0.1) is 0 Å². The third-order valence-electron chi connectivity index (χ3n) is 4.42. The molecule has 0 radical (unpaired) electrons. The Morgan fingerprint density at radius 2 is 1.80 bits per heavy atom. The lowest BCUT2D eigenvalue weighted by atomic mass is 9.84. The standard InChI is InChI=1S/C19H26O/c1-4-15-11-14(3)12-16(5-2)18(15)13-19(20)17-9-7-6-8-10-17/h6-7,11-12,17H,4-5,8-10,13H2,1-3H3/t17-/m1/s1. The van der Waals surface area contributed by atoms with Gasteiger partial charge in [0.2, 0.25) is 0 Å². The molecule has 1 aliphatic carbocycles. The van der Waals surface area contributed by atoms with Crippen molar-refractivity contribution < 1.29 is 4.79 Å². The van der Waals surface area contributed by atoms with Crippen LogP contribution < -0.4 is 0 Å². The SMILES string of the molecule is CCc1cc(C)cc(CC)c1CC(=O)[C@@H]1CC=CCC1. The summed E-state index contributed by atoms with van der Waals surface area (Å²) >= 11 is 0. The monoisotopic (exact) mass is 270 g/mol. The molecule has 0 saturated heterocycles. The number of Topliss-reactive ketones (excluding diaryl/α,β-unsaturated/α-hetero) is 1. The van der Waals surface area contributed by atoms with Crippen molar-refractivity contribution in [1.29, 1.82) is 0 Å². The van der Waals surface area contributed by atoms with E-state index in [1.54, 1.807) is 0 Å². The third-order valence-corrected chi connectivity index (χ3v) is 4.42. The van der Waals surface area contributed by atoms with Crippen molar-refractivity contribution in [3.05, 3.63) is 46.5 Å². The summed E-state index contributed by atoms with van der Waals surface area (Å²) in [6, 6.07) is 4.51. The van der Waals surface area contributed by atoms with Gasteiger partial charge in [0.15, 0.2) is 0 Å². The Morgan fingerprint density at radius 1 is 1.15 bits per heavy atom. The van der Waals surface area contributed by atoms with Gasteiger partial charge < -0.3 is 0 Å². The van der Waals surface area contributed by atoms with Crippen LogP contribution in [0.2, 0.25) is 0 Å². The predicted octanol–water partition coefficient (Wildman–Crippen LogP) is 4.59. The number of ketones is 1. The Kier molecular flexibility index (Phi) is 5.17. The zero-order valence-corrected chi connectivity index (χ0v) is 13.0. The summed E-state index contributed by atoms with van der Waals surface area (Å²) in [4.78, 5) is 12.6. The molecule has 0 N–H and O–H groups in total. The van der Waals surface area contributed by atoms with E-state index in [4.69, 9.17) is 0 Å². The highest BCUT2D eigenvalue weighted by atomic mass is 16.1. The molecule has 0 spiro atoms. The van der Waals surface area contributed by atoms with Gasteiger partial charge in [-0.2, -0.15) is 0 Å². The molecule has 0 unspecified atom stereocenters.